The van der Waals surface area contributed by atoms with Crippen LogP contribution >= 0.6 is 0 Å². The Hall–Kier alpha value is -1.65. The van der Waals surface area contributed by atoms with Crippen LogP contribution in [0.2, 0.25) is 0 Å². The largest absolute Gasteiger partial charge is 0.476 e. The lowest BCUT2D eigenvalue weighted by molar-refractivity contribution is -0.853. The molecule has 3 N–H and O–H groups in total. The first-order chi connectivity index (χ1) is 10.9. The van der Waals surface area contributed by atoms with E-state index >= 15 is 0 Å². The maximum atomic E-state index is 11.0. The molecule has 1 aromatic heterocycles. The number of nitrogens with two attached hydrogens (primary N) is 1. The molecule has 1 aliphatic heterocycles. The van der Waals surface area contributed by atoms with Gasteiger partial charge in [-0.1, -0.05) is 24.7 Å². The summed E-state index contributed by atoms with van der Waals surface area (Å²) in [6.45, 7) is 4.63. The van der Waals surface area contributed by atoms with Gasteiger partial charge in [-0.05, 0) is 11.2 Å². The van der Waals surface area contributed by atoms with Crippen LogP contribution in [0.15, 0.2) is 6.07 Å². The third-order valence-electron chi connectivity index (χ3n) is 3.50. The van der Waals surface area contributed by atoms with Gasteiger partial charge >= 0.3 is 10.4 Å². The van der Waals surface area contributed by atoms with E-state index in [1.165, 1.54) is 6.07 Å². The topological polar surface area (TPSA) is 119 Å². The van der Waals surface area contributed by atoms with Gasteiger partial charge in [0, 0.05) is 19.5 Å². The molecule has 1 aromatic rings. The van der Waals surface area contributed by atoms with Crippen molar-refractivity contribution in [2.24, 2.45) is 0 Å². The average Bonchev–Trinajstić information content (AvgIpc) is 2.50. The highest BCUT2D eigenvalue weighted by Crippen LogP contribution is 2.15. The van der Waals surface area contributed by atoms with E-state index in [4.69, 9.17) is 15.0 Å². The van der Waals surface area contributed by atoms with Gasteiger partial charge in [0.05, 0.1) is 19.3 Å². The lowest BCUT2D eigenvalue weighted by Gasteiger charge is -2.26. The minimum Gasteiger partial charge on any atom is -0.378 e. The molecule has 0 bridgehead atoms. The van der Waals surface area contributed by atoms with Crippen molar-refractivity contribution in [2.45, 2.75) is 32.6 Å². The van der Waals surface area contributed by atoms with E-state index in [9.17, 15) is 8.42 Å². The Morgan fingerprint density at radius 3 is 2.74 bits per heavy atom. The molecule has 0 amide bonds. The summed E-state index contributed by atoms with van der Waals surface area (Å²) in [5.41, 5.74) is 5.90. The smallest absolute Gasteiger partial charge is 0.378 e. The average molecular weight is 347 g/mol. The summed E-state index contributed by atoms with van der Waals surface area (Å²) in [7, 11) is -4.68. The molecule has 2 rings (SSSR count). The van der Waals surface area contributed by atoms with Crippen LogP contribution in [0.4, 0.5) is 11.6 Å². The summed E-state index contributed by atoms with van der Waals surface area (Å²) >= 11 is 0. The van der Waals surface area contributed by atoms with Crippen LogP contribution in [0.5, 0.6) is 0 Å². The van der Waals surface area contributed by atoms with Crippen LogP contribution in [0.1, 0.15) is 32.0 Å². The van der Waals surface area contributed by atoms with Crippen LogP contribution in [0.3, 0.4) is 0 Å². The number of anilines is 2. The van der Waals surface area contributed by atoms with Crippen LogP contribution in [-0.2, 0) is 21.6 Å². The molecule has 2 heterocycles. The highest BCUT2D eigenvalue weighted by Gasteiger charge is 2.25. The number of hydrogen-bond donors (Lipinski definition) is 2. The minimum absolute atomic E-state index is 0.0608. The first-order valence-corrected chi connectivity index (χ1v) is 8.98. The van der Waals surface area contributed by atoms with Crippen molar-refractivity contribution in [1.29, 1.82) is 0 Å². The number of unbranched alkanes of at least 4 members (excludes halogenated alkanes) is 2. The molecule has 0 unspecified atom stereocenters. The molecule has 1 aliphatic rings. The van der Waals surface area contributed by atoms with Crippen LogP contribution < -0.4 is 19.6 Å². The van der Waals surface area contributed by atoms with Crippen molar-refractivity contribution in [1.82, 2.24) is 4.98 Å². The van der Waals surface area contributed by atoms with Gasteiger partial charge < -0.3 is 15.4 Å². The molecule has 0 saturated carbocycles. The third-order valence-corrected chi connectivity index (χ3v) is 3.83. The SMILES string of the molecule is CCCCCc1nc(N2CCOCC2)cc(N)[n+]1OS(=O)(=O)O. The van der Waals surface area contributed by atoms with E-state index in [0.717, 1.165) is 24.0 Å². The number of hydrogen-bond acceptors (Lipinski definition) is 7. The molecular formula is C13H23N4O5S+. The van der Waals surface area contributed by atoms with Crippen LogP contribution in [0, 0.1) is 0 Å². The normalized spacial score (nSPS) is 15.7. The van der Waals surface area contributed by atoms with Crippen molar-refractivity contribution in [3.05, 3.63) is 11.9 Å². The first kappa shape index (κ1) is 17.7. The van der Waals surface area contributed by atoms with Gasteiger partial charge in [-0.2, -0.15) is 8.42 Å². The molecule has 0 aromatic carbocycles. The van der Waals surface area contributed by atoms with Gasteiger partial charge in [0.25, 0.3) is 11.6 Å². The summed E-state index contributed by atoms with van der Waals surface area (Å²) in [4.78, 5) is 6.48. The summed E-state index contributed by atoms with van der Waals surface area (Å²) in [5.74, 6) is 1.07. The number of nitrogen functional groups attached to an aromatic ring is 1. The highest BCUT2D eigenvalue weighted by molar-refractivity contribution is 7.80. The van der Waals surface area contributed by atoms with Crippen molar-refractivity contribution in [3.8, 4) is 0 Å². The Morgan fingerprint density at radius 2 is 2.13 bits per heavy atom. The van der Waals surface area contributed by atoms with Crippen LogP contribution in [0.25, 0.3) is 0 Å². The van der Waals surface area contributed by atoms with E-state index < -0.39 is 10.4 Å². The molecule has 10 heteroatoms. The molecule has 0 aliphatic carbocycles. The Morgan fingerprint density at radius 1 is 1.43 bits per heavy atom. The number of rotatable bonds is 7. The van der Waals surface area contributed by atoms with Crippen LogP contribution in [-0.4, -0.2) is 44.3 Å². The Balaban J connectivity index is 2.32. The standard InChI is InChI=1S/C13H22N4O5S/c1-2-3-4-5-12-15-13(16-6-8-21-9-7-16)10-11(14)17(12)22-23(18,19)20/h10,14H,2-9H2,1H3,(H,18,19,20)/p+1. The minimum atomic E-state index is -4.68. The molecule has 9 nitrogen and oxygen atoms in total. The first-order valence-electron chi connectivity index (χ1n) is 7.62. The fraction of sp³-hybridized carbons (Fsp3) is 0.692. The zero-order chi connectivity index (χ0) is 16.9. The van der Waals surface area contributed by atoms with E-state index in [2.05, 4.69) is 16.2 Å². The van der Waals surface area contributed by atoms with E-state index in [-0.39, 0.29) is 5.82 Å². The molecule has 0 atom stereocenters. The van der Waals surface area contributed by atoms with Gasteiger partial charge in [-0.15, -0.1) is 0 Å². The van der Waals surface area contributed by atoms with Crippen molar-refractivity contribution in [3.63, 3.8) is 0 Å². The second-order valence-corrected chi connectivity index (χ2v) is 6.31. The van der Waals surface area contributed by atoms with Gasteiger partial charge in [-0.25, -0.2) is 4.28 Å². The van der Waals surface area contributed by atoms with E-state index in [1.54, 1.807) is 0 Å². The van der Waals surface area contributed by atoms with Gasteiger partial charge in [0.2, 0.25) is 5.82 Å². The Bertz CT molecular complexity index is 631. The van der Waals surface area contributed by atoms with Gasteiger partial charge in [0.15, 0.2) is 0 Å². The second-order valence-electron chi connectivity index (χ2n) is 5.31. The number of aromatic nitrogens is 2. The number of nitrogens with zero attached hydrogens (tertiary/aromatic N) is 3. The van der Waals surface area contributed by atoms with Gasteiger partial charge in [-0.3, -0.25) is 4.55 Å². The molecule has 0 radical (unpaired) electrons. The predicted octanol–water partition coefficient (Wildman–Crippen LogP) is -0.248. The molecular weight excluding hydrogens is 324 g/mol. The maximum absolute atomic E-state index is 11.0. The monoisotopic (exact) mass is 347 g/mol. The van der Waals surface area contributed by atoms with Crippen molar-refractivity contribution >= 4 is 22.0 Å². The number of ether oxygens (including phenoxy) is 1. The fourth-order valence-corrected chi connectivity index (χ4v) is 2.74. The molecule has 0 spiro atoms. The quantitative estimate of drug-likeness (QED) is 0.394. The fourth-order valence-electron chi connectivity index (χ4n) is 2.38. The summed E-state index contributed by atoms with van der Waals surface area (Å²) in [6.07, 6.45) is 3.28. The Kier molecular flexibility index (Phi) is 5.97. The molecule has 1 fully saturated rings. The molecule has 1 saturated heterocycles. The molecule has 130 valence electrons. The molecule has 23 heavy (non-hydrogen) atoms. The van der Waals surface area contributed by atoms with E-state index in [1.807, 2.05) is 4.90 Å². The lowest BCUT2D eigenvalue weighted by atomic mass is 10.2. The zero-order valence-corrected chi connectivity index (χ0v) is 14.0. The number of aryl methyl sites for hydroxylation is 1. The van der Waals surface area contributed by atoms with Gasteiger partial charge in [0.1, 0.15) is 0 Å². The van der Waals surface area contributed by atoms with Crippen molar-refractivity contribution < 1.29 is 26.7 Å². The summed E-state index contributed by atoms with van der Waals surface area (Å²) in [5, 5.41) is 0. The second kappa shape index (κ2) is 7.75. The Labute approximate surface area is 135 Å². The lowest BCUT2D eigenvalue weighted by Crippen LogP contribution is -2.52. The predicted molar refractivity (Wildman–Crippen MR) is 83.2 cm³/mol. The summed E-state index contributed by atoms with van der Waals surface area (Å²) < 4.78 is 41.7. The zero-order valence-electron chi connectivity index (χ0n) is 13.1. The van der Waals surface area contributed by atoms with Crippen molar-refractivity contribution in [2.75, 3.05) is 36.9 Å². The third kappa shape index (κ3) is 5.19. The van der Waals surface area contributed by atoms with E-state index in [0.29, 0.717) is 44.4 Å². The maximum Gasteiger partial charge on any atom is 0.476 e. The number of morpholine rings is 1. The summed E-state index contributed by atoms with van der Waals surface area (Å²) in [6, 6.07) is 1.53. The highest BCUT2D eigenvalue weighted by atomic mass is 32.3.